The summed E-state index contributed by atoms with van der Waals surface area (Å²) in [4.78, 5) is 0.359. The fraction of sp³-hybridized carbons (Fsp3) is 0.0526. The Hall–Kier alpha value is -7.12. The van der Waals surface area contributed by atoms with E-state index in [1.54, 1.807) is 12.1 Å². The Balaban J connectivity index is 0.914. The van der Waals surface area contributed by atoms with E-state index in [0.29, 0.717) is 0 Å². The Morgan fingerprint density at radius 2 is 0.524 bits per heavy atom. The van der Waals surface area contributed by atoms with E-state index in [1.165, 1.54) is 24.3 Å². The average molecular weight is 849 g/mol. The first-order valence-electron chi connectivity index (χ1n) is 21.2. The van der Waals surface area contributed by atoms with Crippen molar-refractivity contribution in [3.63, 3.8) is 0 Å². The van der Waals surface area contributed by atoms with Crippen molar-refractivity contribution in [3.05, 3.63) is 250 Å². The minimum absolute atomic E-state index is 0.0241. The predicted molar refractivity (Wildman–Crippen MR) is 248 cm³/mol. The van der Waals surface area contributed by atoms with Gasteiger partial charge in [0.15, 0.2) is 0 Å². The Bertz CT molecular complexity index is 3620. The molecule has 6 heteroatoms. The van der Waals surface area contributed by atoms with E-state index < -0.39 is 30.5 Å². The molecular formula is C57H36O4S2. The van der Waals surface area contributed by atoms with E-state index in [-0.39, 0.29) is 19.6 Å². The summed E-state index contributed by atoms with van der Waals surface area (Å²) >= 11 is 0. The molecule has 0 aliphatic heterocycles. The van der Waals surface area contributed by atoms with Crippen LogP contribution in [0.15, 0.2) is 220 Å². The normalized spacial score (nSPS) is 14.9. The van der Waals surface area contributed by atoms with Gasteiger partial charge in [0.25, 0.3) is 0 Å². The van der Waals surface area contributed by atoms with E-state index in [2.05, 4.69) is 140 Å². The van der Waals surface area contributed by atoms with Crippen LogP contribution < -0.4 is 0 Å². The van der Waals surface area contributed by atoms with E-state index in [0.717, 1.165) is 94.6 Å². The lowest BCUT2D eigenvalue weighted by Crippen LogP contribution is -2.26. The van der Waals surface area contributed by atoms with Crippen molar-refractivity contribution in [2.75, 3.05) is 0 Å². The first-order valence-corrected chi connectivity index (χ1v) is 24.1. The van der Waals surface area contributed by atoms with Crippen molar-refractivity contribution in [2.24, 2.45) is 0 Å². The quantitative estimate of drug-likeness (QED) is 0.177. The van der Waals surface area contributed by atoms with Gasteiger partial charge in [-0.2, -0.15) is 0 Å². The highest BCUT2D eigenvalue weighted by atomic mass is 32.2. The van der Waals surface area contributed by atoms with Gasteiger partial charge < -0.3 is 0 Å². The number of fused-ring (bicyclic) bond motifs is 20. The molecule has 4 aliphatic carbocycles. The fourth-order valence-electron chi connectivity index (χ4n) is 11.7. The minimum Gasteiger partial charge on any atom is -0.219 e. The molecule has 0 bridgehead atoms. The maximum atomic E-state index is 14.7. The number of benzene rings is 9. The molecule has 0 fully saturated rings. The van der Waals surface area contributed by atoms with Gasteiger partial charge >= 0.3 is 0 Å². The summed E-state index contributed by atoms with van der Waals surface area (Å²) in [6.07, 6.45) is 0. The topological polar surface area (TPSA) is 68.3 Å². The zero-order chi connectivity index (χ0) is 42.5. The van der Waals surface area contributed by atoms with Gasteiger partial charge in [0.2, 0.25) is 19.7 Å². The molecule has 9 aromatic rings. The van der Waals surface area contributed by atoms with Crippen molar-refractivity contribution in [1.82, 2.24) is 0 Å². The SMILES string of the molecule is Cc1ccc2c(c1)C1(c3ccccc3-c3ccccc31)c1cc(S(=O)(=O)c3ccc(S(=O)(=O)c4ccc5c(c4)C4(c6ccccc6-c6ccccc64)c4ccccc4-5)cc3)ccc1-2. The van der Waals surface area contributed by atoms with E-state index >= 15 is 0 Å². The van der Waals surface area contributed by atoms with Crippen LogP contribution in [0.1, 0.15) is 50.1 Å². The average Bonchev–Trinajstić information content (AvgIpc) is 4.00. The Morgan fingerprint density at radius 1 is 0.270 bits per heavy atom. The Kier molecular flexibility index (Phi) is 7.25. The van der Waals surface area contributed by atoms with Crippen LogP contribution in [-0.2, 0) is 30.5 Å². The second-order valence-electron chi connectivity index (χ2n) is 17.2. The molecule has 0 atom stereocenters. The van der Waals surface area contributed by atoms with Gasteiger partial charge in [-0.25, -0.2) is 16.8 Å². The van der Waals surface area contributed by atoms with E-state index in [1.807, 2.05) is 30.3 Å². The van der Waals surface area contributed by atoms with Gasteiger partial charge in [-0.3, -0.25) is 0 Å². The summed E-state index contributed by atoms with van der Waals surface area (Å²) in [5, 5.41) is 0. The van der Waals surface area contributed by atoms with Crippen molar-refractivity contribution < 1.29 is 16.8 Å². The fourth-order valence-corrected chi connectivity index (χ4v) is 14.3. The lowest BCUT2D eigenvalue weighted by atomic mass is 9.70. The predicted octanol–water partition coefficient (Wildman–Crippen LogP) is 12.3. The molecule has 13 rings (SSSR count). The van der Waals surface area contributed by atoms with Crippen LogP contribution in [0.25, 0.3) is 44.5 Å². The highest BCUT2D eigenvalue weighted by molar-refractivity contribution is 7.92. The van der Waals surface area contributed by atoms with Crippen LogP contribution in [0.5, 0.6) is 0 Å². The van der Waals surface area contributed by atoms with Crippen LogP contribution in [0, 0.1) is 6.92 Å². The number of sulfone groups is 2. The first-order chi connectivity index (χ1) is 30.7. The molecule has 0 saturated heterocycles. The first kappa shape index (κ1) is 36.5. The summed E-state index contributed by atoms with van der Waals surface area (Å²) in [5.41, 5.74) is 17.1. The molecule has 0 aromatic heterocycles. The largest absolute Gasteiger partial charge is 0.219 e. The van der Waals surface area contributed by atoms with E-state index in [4.69, 9.17) is 0 Å². The van der Waals surface area contributed by atoms with Crippen molar-refractivity contribution in [2.45, 2.75) is 37.3 Å². The summed E-state index contributed by atoms with van der Waals surface area (Å²) < 4.78 is 58.8. The second kappa shape index (κ2) is 12.5. The van der Waals surface area contributed by atoms with Gasteiger partial charge in [0.1, 0.15) is 0 Å². The molecule has 9 aromatic carbocycles. The van der Waals surface area contributed by atoms with Gasteiger partial charge in [-0.15, -0.1) is 0 Å². The second-order valence-corrected chi connectivity index (χ2v) is 21.1. The van der Waals surface area contributed by atoms with Crippen molar-refractivity contribution in [1.29, 1.82) is 0 Å². The molecule has 0 radical (unpaired) electrons. The van der Waals surface area contributed by atoms with Gasteiger partial charge in [0, 0.05) is 0 Å². The monoisotopic (exact) mass is 848 g/mol. The van der Waals surface area contributed by atoms with Gasteiger partial charge in [-0.1, -0.05) is 157 Å². The van der Waals surface area contributed by atoms with Crippen LogP contribution in [-0.4, -0.2) is 16.8 Å². The third-order valence-corrected chi connectivity index (χ3v) is 17.8. The zero-order valence-electron chi connectivity index (χ0n) is 34.0. The Labute approximate surface area is 366 Å². The lowest BCUT2D eigenvalue weighted by Gasteiger charge is -2.31. The zero-order valence-corrected chi connectivity index (χ0v) is 35.6. The lowest BCUT2D eigenvalue weighted by molar-refractivity contribution is 0.592. The molecule has 300 valence electrons. The summed E-state index contributed by atoms with van der Waals surface area (Å²) in [6.45, 7) is 2.09. The van der Waals surface area contributed by atoms with Gasteiger partial charge in [-0.05, 0) is 144 Å². The molecule has 0 N–H and O–H groups in total. The third kappa shape index (κ3) is 4.49. The third-order valence-electron chi connectivity index (χ3n) is 14.3. The minimum atomic E-state index is -4.09. The highest BCUT2D eigenvalue weighted by Crippen LogP contribution is 2.64. The molecule has 2 spiro atoms. The van der Waals surface area contributed by atoms with Crippen molar-refractivity contribution in [3.8, 4) is 44.5 Å². The number of hydrogen-bond donors (Lipinski definition) is 0. The summed E-state index contributed by atoms with van der Waals surface area (Å²) in [7, 11) is -8.17. The van der Waals surface area contributed by atoms with Crippen LogP contribution in [0.4, 0.5) is 0 Å². The standard InChI is InChI=1S/C57H36O4S2/c1-35-22-29-45-47-31-28-39(34-55(47)57(53(45)32-35)51-20-10-4-14-42(51)43-15-5-11-21-52(43)57)63(60,61)37-25-23-36(24-26-37)62(58,59)38-27-30-46-44-16-6-9-19-50(44)56(54(46)33-38)48-17-7-2-12-40(48)41-13-3-8-18-49(41)56/h2-34H,1H3. The molecule has 63 heavy (non-hydrogen) atoms. The number of aryl methyl sites for hydroxylation is 1. The number of rotatable bonds is 4. The van der Waals surface area contributed by atoms with Gasteiger partial charge in [0.05, 0.1) is 30.4 Å². The smallest absolute Gasteiger partial charge is 0.206 e. The summed E-state index contributed by atoms with van der Waals surface area (Å²) in [5.74, 6) is 0. The van der Waals surface area contributed by atoms with Crippen LogP contribution >= 0.6 is 0 Å². The van der Waals surface area contributed by atoms with Crippen LogP contribution in [0.2, 0.25) is 0 Å². The molecule has 0 saturated carbocycles. The Morgan fingerprint density at radius 3 is 0.873 bits per heavy atom. The molecule has 4 aliphatic rings. The van der Waals surface area contributed by atoms with Crippen LogP contribution in [0.3, 0.4) is 0 Å². The molecule has 0 heterocycles. The number of hydrogen-bond acceptors (Lipinski definition) is 4. The summed E-state index contributed by atoms with van der Waals surface area (Å²) in [6, 6.07) is 65.2. The molecule has 4 nitrogen and oxygen atoms in total. The molecule has 0 amide bonds. The molecular weight excluding hydrogens is 813 g/mol. The van der Waals surface area contributed by atoms with Crippen molar-refractivity contribution >= 4 is 19.7 Å². The van der Waals surface area contributed by atoms with E-state index in [9.17, 15) is 16.8 Å². The highest BCUT2D eigenvalue weighted by Gasteiger charge is 2.53. The maximum Gasteiger partial charge on any atom is 0.206 e. The molecule has 0 unspecified atom stereocenters. The maximum absolute atomic E-state index is 14.7.